The number of hydrogen-bond acceptors (Lipinski definition) is 11. The zero-order chi connectivity index (χ0) is 24.5. The van der Waals surface area contributed by atoms with E-state index in [-0.39, 0.29) is 12.1 Å². The first-order valence-corrected chi connectivity index (χ1v) is 11.8. The Morgan fingerprint density at radius 2 is 2.00 bits per heavy atom. The highest BCUT2D eigenvalue weighted by molar-refractivity contribution is 5.82. The Morgan fingerprint density at radius 3 is 2.71 bits per heavy atom. The number of nitrogens with zero attached hydrogens (tertiary/aromatic N) is 6. The molecule has 1 amide bonds. The molecule has 3 N–H and O–H groups in total. The van der Waals surface area contributed by atoms with Crippen LogP contribution in [0.15, 0.2) is 23.2 Å². The van der Waals surface area contributed by atoms with Gasteiger partial charge < -0.3 is 34.4 Å². The van der Waals surface area contributed by atoms with E-state index in [1.54, 1.807) is 22.5 Å². The quantitative estimate of drug-likeness (QED) is 0.461. The molecule has 5 rings (SSSR count). The number of nitrogens with one attached hydrogen (secondary N) is 1. The fourth-order valence-corrected chi connectivity index (χ4v) is 4.51. The molecule has 2 saturated heterocycles. The van der Waals surface area contributed by atoms with Gasteiger partial charge in [0.25, 0.3) is 0 Å². The number of piperidine rings is 1. The second-order valence-electron chi connectivity index (χ2n) is 8.65. The number of rotatable bonds is 6. The van der Waals surface area contributed by atoms with Crippen LogP contribution in [0.25, 0.3) is 11.2 Å². The zero-order valence-electron chi connectivity index (χ0n) is 19.6. The van der Waals surface area contributed by atoms with Gasteiger partial charge in [0.05, 0.1) is 18.6 Å². The van der Waals surface area contributed by atoms with Crippen LogP contribution in [0, 0.1) is 0 Å². The smallest absolute Gasteiger partial charge is 0.409 e. The van der Waals surface area contributed by atoms with E-state index in [4.69, 9.17) is 14.0 Å². The van der Waals surface area contributed by atoms with Crippen LogP contribution < -0.4 is 5.32 Å². The number of hydrogen-bond donors (Lipinski definition) is 3. The van der Waals surface area contributed by atoms with Gasteiger partial charge in [-0.15, -0.1) is 0 Å². The summed E-state index contributed by atoms with van der Waals surface area (Å²) in [5.41, 5.74) is 1.70. The van der Waals surface area contributed by atoms with Crippen molar-refractivity contribution in [3.8, 4) is 0 Å². The topological polar surface area (TPSA) is 161 Å². The maximum absolute atomic E-state index is 11.9. The summed E-state index contributed by atoms with van der Waals surface area (Å²) >= 11 is 0. The minimum atomic E-state index is -1.23. The molecule has 3 aromatic heterocycles. The summed E-state index contributed by atoms with van der Waals surface area (Å²) < 4.78 is 18.0. The zero-order valence-corrected chi connectivity index (χ0v) is 19.6. The summed E-state index contributed by atoms with van der Waals surface area (Å²) in [5.74, 6) is 0.905. The third kappa shape index (κ3) is 4.42. The minimum absolute atomic E-state index is 0.0997. The molecule has 35 heavy (non-hydrogen) atoms. The molecule has 4 atom stereocenters. The van der Waals surface area contributed by atoms with E-state index in [9.17, 15) is 15.0 Å². The lowest BCUT2D eigenvalue weighted by atomic mass is 10.1. The largest absolute Gasteiger partial charge is 0.450 e. The van der Waals surface area contributed by atoms with Crippen molar-refractivity contribution in [1.29, 1.82) is 0 Å². The summed E-state index contributed by atoms with van der Waals surface area (Å²) in [5, 5.41) is 28.7. The van der Waals surface area contributed by atoms with Gasteiger partial charge in [0, 0.05) is 25.2 Å². The summed E-state index contributed by atoms with van der Waals surface area (Å²) in [7, 11) is 0. The van der Waals surface area contributed by atoms with Crippen LogP contribution in [0.5, 0.6) is 0 Å². The van der Waals surface area contributed by atoms with E-state index in [1.807, 2.05) is 6.92 Å². The molecule has 0 spiro atoms. The summed E-state index contributed by atoms with van der Waals surface area (Å²) in [6.07, 6.45) is 0.547. The molecular formula is C22H29N7O6. The van der Waals surface area contributed by atoms with Crippen LogP contribution >= 0.6 is 0 Å². The summed E-state index contributed by atoms with van der Waals surface area (Å²) in [4.78, 5) is 26.8. The molecule has 13 nitrogen and oxygen atoms in total. The first kappa shape index (κ1) is 23.5. The number of anilines is 1. The number of ether oxygens (including phenoxy) is 2. The maximum Gasteiger partial charge on any atom is 0.409 e. The van der Waals surface area contributed by atoms with Gasteiger partial charge in [0.15, 0.2) is 29.0 Å². The number of carbonyl (C=O) groups is 1. The number of likely N-dealkylation sites (tertiary alicyclic amines) is 1. The Morgan fingerprint density at radius 1 is 1.20 bits per heavy atom. The van der Waals surface area contributed by atoms with E-state index in [0.717, 1.165) is 18.5 Å². The Labute approximate surface area is 201 Å². The third-order valence-electron chi connectivity index (χ3n) is 6.45. The molecule has 5 heterocycles. The van der Waals surface area contributed by atoms with Crippen LogP contribution in [0.2, 0.25) is 0 Å². The predicted octanol–water partition coefficient (Wildman–Crippen LogP) is 1.40. The Bertz CT molecular complexity index is 1170. The van der Waals surface area contributed by atoms with Crippen molar-refractivity contribution in [2.75, 3.05) is 25.0 Å². The average molecular weight is 488 g/mol. The van der Waals surface area contributed by atoms with E-state index >= 15 is 0 Å². The molecule has 2 fully saturated rings. The summed E-state index contributed by atoms with van der Waals surface area (Å²) in [6, 6.07) is 1.81. The van der Waals surface area contributed by atoms with E-state index in [1.165, 1.54) is 12.7 Å². The monoisotopic (exact) mass is 487 g/mol. The fraction of sp³-hybridized carbons (Fsp3) is 0.591. The van der Waals surface area contributed by atoms with Crippen molar-refractivity contribution in [2.24, 2.45) is 0 Å². The number of aryl methyl sites for hydroxylation is 1. The molecule has 0 unspecified atom stereocenters. The van der Waals surface area contributed by atoms with Crippen molar-refractivity contribution >= 4 is 23.1 Å². The van der Waals surface area contributed by atoms with Crippen LogP contribution in [0.3, 0.4) is 0 Å². The Balaban J connectivity index is 1.31. The summed E-state index contributed by atoms with van der Waals surface area (Å²) in [6.45, 7) is 5.26. The number of imidazole rings is 1. The average Bonchev–Trinajstić information content (AvgIpc) is 3.58. The van der Waals surface area contributed by atoms with Gasteiger partial charge in [-0.2, -0.15) is 0 Å². The van der Waals surface area contributed by atoms with E-state index in [2.05, 4.69) is 25.4 Å². The SMILES string of the molecule is CCOC(=O)N1CCC(Nc2ncnc3c2ncn3[C@@H]2O[C@H](c3cc(CC)no3)[C@@H](O)[C@@H]2O)CC1. The van der Waals surface area contributed by atoms with E-state index in [0.29, 0.717) is 48.9 Å². The number of fused-ring (bicyclic) bond motifs is 1. The second kappa shape index (κ2) is 9.76. The van der Waals surface area contributed by atoms with Gasteiger partial charge in [-0.25, -0.2) is 19.7 Å². The van der Waals surface area contributed by atoms with Gasteiger partial charge in [0.1, 0.15) is 24.6 Å². The van der Waals surface area contributed by atoms with Gasteiger partial charge in [-0.3, -0.25) is 4.57 Å². The number of amides is 1. The highest BCUT2D eigenvalue weighted by Gasteiger charge is 2.47. The van der Waals surface area contributed by atoms with Gasteiger partial charge in [-0.05, 0) is 26.2 Å². The van der Waals surface area contributed by atoms with Gasteiger partial charge in [-0.1, -0.05) is 12.1 Å². The van der Waals surface area contributed by atoms with Crippen molar-refractivity contribution in [3.05, 3.63) is 30.2 Å². The number of aliphatic hydroxyl groups excluding tert-OH is 2. The number of carbonyl (C=O) groups excluding carboxylic acids is 1. The second-order valence-corrected chi connectivity index (χ2v) is 8.65. The fourth-order valence-electron chi connectivity index (χ4n) is 4.51. The van der Waals surface area contributed by atoms with Gasteiger partial charge in [0.2, 0.25) is 0 Å². The molecule has 13 heteroatoms. The van der Waals surface area contributed by atoms with Crippen molar-refractivity contribution in [3.63, 3.8) is 0 Å². The molecule has 3 aromatic rings. The normalized spacial score (nSPS) is 25.3. The molecule has 2 aliphatic heterocycles. The molecular weight excluding hydrogens is 458 g/mol. The van der Waals surface area contributed by atoms with Crippen LogP contribution in [-0.2, 0) is 15.9 Å². The molecule has 0 aromatic carbocycles. The first-order chi connectivity index (χ1) is 17.0. The molecule has 188 valence electrons. The lowest BCUT2D eigenvalue weighted by molar-refractivity contribution is -0.0434. The molecule has 0 saturated carbocycles. The van der Waals surface area contributed by atoms with Crippen LogP contribution in [0.4, 0.5) is 10.6 Å². The molecule has 0 radical (unpaired) electrons. The third-order valence-corrected chi connectivity index (χ3v) is 6.45. The minimum Gasteiger partial charge on any atom is -0.450 e. The number of aliphatic hydroxyl groups is 2. The number of aromatic nitrogens is 5. The van der Waals surface area contributed by atoms with Crippen LogP contribution in [0.1, 0.15) is 50.5 Å². The molecule has 0 bridgehead atoms. The Hall–Kier alpha value is -3.29. The van der Waals surface area contributed by atoms with Crippen molar-refractivity contribution in [2.45, 2.75) is 63.7 Å². The van der Waals surface area contributed by atoms with E-state index < -0.39 is 24.5 Å². The highest BCUT2D eigenvalue weighted by Crippen LogP contribution is 2.40. The Kier molecular flexibility index (Phi) is 6.54. The first-order valence-electron chi connectivity index (χ1n) is 11.8. The standard InChI is InChI=1S/C22H29N7O6/c1-3-12-9-14(35-27-12)18-16(30)17(31)21(34-18)29-11-25-15-19(23-10-24-20(15)29)26-13-5-7-28(8-6-13)22(32)33-4-2/h9-11,13,16-18,21,30-31H,3-8H2,1-2H3,(H,23,24,26)/t16-,17-,18+,21+/m0/s1. The van der Waals surface area contributed by atoms with Crippen LogP contribution in [-0.4, -0.2) is 83.8 Å². The van der Waals surface area contributed by atoms with Crippen molar-refractivity contribution < 1.29 is 29.0 Å². The lowest BCUT2D eigenvalue weighted by Crippen LogP contribution is -2.42. The lowest BCUT2D eigenvalue weighted by Gasteiger charge is -2.31. The predicted molar refractivity (Wildman–Crippen MR) is 121 cm³/mol. The maximum atomic E-state index is 11.9. The molecule has 2 aliphatic rings. The van der Waals surface area contributed by atoms with Gasteiger partial charge >= 0.3 is 6.09 Å². The molecule has 0 aliphatic carbocycles. The van der Waals surface area contributed by atoms with Crippen molar-refractivity contribution in [1.82, 2.24) is 29.6 Å². The highest BCUT2D eigenvalue weighted by atomic mass is 16.6.